The molecule has 0 unspecified atom stereocenters. The maximum Gasteiger partial charge on any atom is 0.240 e. The van der Waals surface area contributed by atoms with Crippen molar-refractivity contribution in [2.75, 3.05) is 38.1 Å². The van der Waals surface area contributed by atoms with Crippen molar-refractivity contribution in [1.82, 2.24) is 10.2 Å². The fourth-order valence-electron chi connectivity index (χ4n) is 3.74. The molecule has 0 radical (unpaired) electrons. The number of rotatable bonds is 9. The summed E-state index contributed by atoms with van der Waals surface area (Å²) in [5.41, 5.74) is 1.72. The molecule has 2 aromatic carbocycles. The number of carbonyl (C=O) groups is 2. The number of ketones is 1. The molecule has 5 heteroatoms. The Balaban J connectivity index is 1.31. The molecule has 5 nitrogen and oxygen atoms in total. The Kier molecular flexibility index (Phi) is 7.96. The number of nitrogens with one attached hydrogen (secondary N) is 1. The highest BCUT2D eigenvalue weighted by atomic mass is 16.2. The molecule has 0 atom stereocenters. The number of piperidine rings is 1. The summed E-state index contributed by atoms with van der Waals surface area (Å²) in [6, 6.07) is 19.6. The highest BCUT2D eigenvalue weighted by Gasteiger charge is 2.20. The van der Waals surface area contributed by atoms with Crippen molar-refractivity contribution in [2.45, 2.75) is 31.7 Å². The number of benzene rings is 2. The lowest BCUT2D eigenvalue weighted by Gasteiger charge is -2.32. The van der Waals surface area contributed by atoms with Gasteiger partial charge < -0.3 is 15.1 Å². The van der Waals surface area contributed by atoms with E-state index >= 15 is 0 Å². The fourth-order valence-corrected chi connectivity index (χ4v) is 3.74. The third-order valence-corrected chi connectivity index (χ3v) is 5.62. The average Bonchev–Trinajstić information content (AvgIpc) is 2.79. The van der Waals surface area contributed by atoms with Crippen LogP contribution in [0.1, 0.15) is 36.0 Å². The Labute approximate surface area is 173 Å². The summed E-state index contributed by atoms with van der Waals surface area (Å²) in [5, 5.41) is 3.42. The molecule has 0 aliphatic carbocycles. The second kappa shape index (κ2) is 10.9. The Morgan fingerprint density at radius 2 is 1.62 bits per heavy atom. The van der Waals surface area contributed by atoms with E-state index in [-0.39, 0.29) is 11.7 Å². The summed E-state index contributed by atoms with van der Waals surface area (Å²) in [6.45, 7) is 3.35. The highest BCUT2D eigenvalue weighted by Crippen LogP contribution is 2.14. The quantitative estimate of drug-likeness (QED) is 0.664. The van der Waals surface area contributed by atoms with Gasteiger partial charge in [0.05, 0.1) is 6.54 Å². The van der Waals surface area contributed by atoms with Gasteiger partial charge in [0.15, 0.2) is 5.78 Å². The molecule has 29 heavy (non-hydrogen) atoms. The lowest BCUT2D eigenvalue weighted by atomic mass is 10.0. The highest BCUT2D eigenvalue weighted by molar-refractivity contribution is 5.96. The summed E-state index contributed by atoms with van der Waals surface area (Å²) in [5.74, 6) is 0.307. The van der Waals surface area contributed by atoms with Crippen LogP contribution in [0.4, 0.5) is 5.69 Å². The second-order valence-electron chi connectivity index (χ2n) is 7.68. The summed E-state index contributed by atoms with van der Waals surface area (Å²) in [7, 11) is 1.82. The van der Waals surface area contributed by atoms with Crippen molar-refractivity contribution in [2.24, 2.45) is 0 Å². The molecule has 1 saturated heterocycles. The minimum absolute atomic E-state index is 0.0815. The number of anilines is 1. The largest absolute Gasteiger partial charge is 0.314 e. The molecule has 0 bridgehead atoms. The SMILES string of the molecule is CN(C(=O)CNC1CCN(CCCC(=O)c2ccccc2)CC1)c1ccccc1. The molecule has 1 amide bonds. The van der Waals surface area contributed by atoms with Gasteiger partial charge in [0, 0.05) is 30.8 Å². The van der Waals surface area contributed by atoms with Crippen LogP contribution in [0.3, 0.4) is 0 Å². The van der Waals surface area contributed by atoms with Gasteiger partial charge in [0.1, 0.15) is 0 Å². The molecule has 0 spiro atoms. The van der Waals surface area contributed by atoms with Crippen LogP contribution in [-0.2, 0) is 4.79 Å². The molecule has 3 rings (SSSR count). The third kappa shape index (κ3) is 6.51. The minimum atomic E-state index is 0.0815. The Morgan fingerprint density at radius 3 is 2.28 bits per heavy atom. The molecular formula is C24H31N3O2. The number of likely N-dealkylation sites (N-methyl/N-ethyl adjacent to an activating group) is 1. The molecule has 1 aliphatic rings. The van der Waals surface area contributed by atoms with Crippen LogP contribution in [0.25, 0.3) is 0 Å². The van der Waals surface area contributed by atoms with E-state index in [2.05, 4.69) is 10.2 Å². The van der Waals surface area contributed by atoms with E-state index in [4.69, 9.17) is 0 Å². The number of nitrogens with zero attached hydrogens (tertiary/aromatic N) is 2. The third-order valence-electron chi connectivity index (χ3n) is 5.62. The zero-order valence-electron chi connectivity index (χ0n) is 17.2. The van der Waals surface area contributed by atoms with Gasteiger partial charge in [0.25, 0.3) is 0 Å². The molecule has 0 aromatic heterocycles. The van der Waals surface area contributed by atoms with Crippen molar-refractivity contribution in [3.8, 4) is 0 Å². The maximum atomic E-state index is 12.4. The lowest BCUT2D eigenvalue weighted by molar-refractivity contribution is -0.117. The fraction of sp³-hybridized carbons (Fsp3) is 0.417. The van der Waals surface area contributed by atoms with E-state index in [0.717, 1.165) is 50.1 Å². The average molecular weight is 394 g/mol. The molecule has 2 aromatic rings. The first kappa shape index (κ1) is 21.2. The van der Waals surface area contributed by atoms with Crippen LogP contribution in [0.15, 0.2) is 60.7 Å². The molecule has 0 saturated carbocycles. The Bertz CT molecular complexity index is 771. The first-order chi connectivity index (χ1) is 14.1. The van der Waals surface area contributed by atoms with Crippen LogP contribution in [-0.4, -0.2) is 55.9 Å². The van der Waals surface area contributed by atoms with Crippen LogP contribution in [0.5, 0.6) is 0 Å². The number of hydrogen-bond acceptors (Lipinski definition) is 4. The Hall–Kier alpha value is -2.50. The second-order valence-corrected chi connectivity index (χ2v) is 7.68. The van der Waals surface area contributed by atoms with Crippen LogP contribution >= 0.6 is 0 Å². The van der Waals surface area contributed by atoms with Crippen molar-refractivity contribution in [3.05, 3.63) is 66.2 Å². The number of amides is 1. The van der Waals surface area contributed by atoms with Gasteiger partial charge in [-0.1, -0.05) is 48.5 Å². The summed E-state index contributed by atoms with van der Waals surface area (Å²) < 4.78 is 0. The van der Waals surface area contributed by atoms with Crippen LogP contribution in [0.2, 0.25) is 0 Å². The van der Waals surface area contributed by atoms with E-state index in [1.54, 1.807) is 4.90 Å². The first-order valence-corrected chi connectivity index (χ1v) is 10.5. The van der Waals surface area contributed by atoms with Crippen LogP contribution < -0.4 is 10.2 Å². The predicted molar refractivity (Wildman–Crippen MR) is 117 cm³/mol. The van der Waals surface area contributed by atoms with E-state index < -0.39 is 0 Å². The minimum Gasteiger partial charge on any atom is -0.314 e. The van der Waals surface area contributed by atoms with Crippen molar-refractivity contribution in [1.29, 1.82) is 0 Å². The zero-order valence-corrected chi connectivity index (χ0v) is 17.2. The summed E-state index contributed by atoms with van der Waals surface area (Å²) >= 11 is 0. The monoisotopic (exact) mass is 393 g/mol. The number of Topliss-reactive ketones (excluding diaryl/α,β-unsaturated/α-hetero) is 1. The van der Waals surface area contributed by atoms with E-state index in [0.29, 0.717) is 19.0 Å². The number of hydrogen-bond donors (Lipinski definition) is 1. The number of likely N-dealkylation sites (tertiary alicyclic amines) is 1. The molecule has 154 valence electrons. The van der Waals surface area contributed by atoms with E-state index in [1.165, 1.54) is 0 Å². The van der Waals surface area contributed by atoms with Gasteiger partial charge in [0.2, 0.25) is 5.91 Å². The van der Waals surface area contributed by atoms with Crippen molar-refractivity contribution < 1.29 is 9.59 Å². The van der Waals surface area contributed by atoms with Gasteiger partial charge in [-0.2, -0.15) is 0 Å². The molecule has 1 aliphatic heterocycles. The summed E-state index contributed by atoms with van der Waals surface area (Å²) in [6.07, 6.45) is 3.57. The normalized spacial score (nSPS) is 15.2. The van der Waals surface area contributed by atoms with Gasteiger partial charge >= 0.3 is 0 Å². The van der Waals surface area contributed by atoms with E-state index in [9.17, 15) is 9.59 Å². The van der Waals surface area contributed by atoms with Gasteiger partial charge in [-0.05, 0) is 51.0 Å². The standard InChI is InChI=1S/C24H31N3O2/c1-26(22-11-6-3-7-12-22)24(29)19-25-21-14-17-27(18-15-21)16-8-13-23(28)20-9-4-2-5-10-20/h2-7,9-12,21,25H,8,13-19H2,1H3. The number of para-hydroxylation sites is 1. The Morgan fingerprint density at radius 1 is 1.00 bits per heavy atom. The zero-order chi connectivity index (χ0) is 20.5. The van der Waals surface area contributed by atoms with Crippen molar-refractivity contribution in [3.63, 3.8) is 0 Å². The molecule has 1 fully saturated rings. The lowest BCUT2D eigenvalue weighted by Crippen LogP contribution is -2.46. The number of carbonyl (C=O) groups excluding carboxylic acids is 2. The predicted octanol–water partition coefficient (Wildman–Crippen LogP) is 3.37. The molecule has 1 N–H and O–H groups in total. The van der Waals surface area contributed by atoms with E-state index in [1.807, 2.05) is 67.7 Å². The molecule has 1 heterocycles. The van der Waals surface area contributed by atoms with Crippen LogP contribution in [0, 0.1) is 0 Å². The van der Waals surface area contributed by atoms with Gasteiger partial charge in [-0.15, -0.1) is 0 Å². The van der Waals surface area contributed by atoms with Gasteiger partial charge in [-0.3, -0.25) is 9.59 Å². The topological polar surface area (TPSA) is 52.7 Å². The summed E-state index contributed by atoms with van der Waals surface area (Å²) in [4.78, 5) is 28.7. The first-order valence-electron chi connectivity index (χ1n) is 10.5. The smallest absolute Gasteiger partial charge is 0.240 e. The molecular weight excluding hydrogens is 362 g/mol. The maximum absolute atomic E-state index is 12.4. The van der Waals surface area contributed by atoms with Gasteiger partial charge in [-0.25, -0.2) is 0 Å². The van der Waals surface area contributed by atoms with Crippen molar-refractivity contribution >= 4 is 17.4 Å².